The quantitative estimate of drug-likeness (QED) is 0.789. The third-order valence-electron chi connectivity index (χ3n) is 3.19. The van der Waals surface area contributed by atoms with E-state index in [0.717, 1.165) is 33.8 Å². The maximum atomic E-state index is 4.66. The van der Waals surface area contributed by atoms with Crippen LogP contribution in [-0.4, -0.2) is 15.0 Å². The lowest BCUT2D eigenvalue weighted by Crippen LogP contribution is -2.06. The molecule has 4 nitrogen and oxygen atoms in total. The van der Waals surface area contributed by atoms with Gasteiger partial charge >= 0.3 is 0 Å². The Bertz CT molecular complexity index is 752. The first-order valence-corrected chi connectivity index (χ1v) is 6.61. The van der Waals surface area contributed by atoms with Crippen LogP contribution in [0.1, 0.15) is 17.1 Å². The molecule has 0 bridgehead atoms. The van der Waals surface area contributed by atoms with Crippen LogP contribution < -0.4 is 5.32 Å². The first kappa shape index (κ1) is 12.5. The SMILES string of the molecule is Cc1nccc(CNc2nc3ccccc3cc2C)n1. The maximum absolute atomic E-state index is 4.66. The lowest BCUT2D eigenvalue weighted by atomic mass is 10.1. The Morgan fingerprint density at radius 1 is 1.05 bits per heavy atom. The van der Waals surface area contributed by atoms with Crippen LogP contribution in [-0.2, 0) is 6.54 Å². The molecule has 0 saturated heterocycles. The highest BCUT2D eigenvalue weighted by molar-refractivity contribution is 5.81. The van der Waals surface area contributed by atoms with E-state index < -0.39 is 0 Å². The molecule has 0 fully saturated rings. The Morgan fingerprint density at radius 3 is 2.75 bits per heavy atom. The molecule has 4 heteroatoms. The van der Waals surface area contributed by atoms with Crippen molar-refractivity contribution in [1.82, 2.24) is 15.0 Å². The van der Waals surface area contributed by atoms with E-state index in [0.29, 0.717) is 6.54 Å². The van der Waals surface area contributed by atoms with Gasteiger partial charge in [0.2, 0.25) is 0 Å². The number of rotatable bonds is 3. The zero-order valence-corrected chi connectivity index (χ0v) is 11.6. The smallest absolute Gasteiger partial charge is 0.129 e. The lowest BCUT2D eigenvalue weighted by molar-refractivity contribution is 0.949. The van der Waals surface area contributed by atoms with Gasteiger partial charge in [0.05, 0.1) is 17.8 Å². The monoisotopic (exact) mass is 264 g/mol. The summed E-state index contributed by atoms with van der Waals surface area (Å²) in [7, 11) is 0. The Labute approximate surface area is 117 Å². The number of benzene rings is 1. The fourth-order valence-electron chi connectivity index (χ4n) is 2.18. The molecule has 2 heterocycles. The summed E-state index contributed by atoms with van der Waals surface area (Å²) in [6.07, 6.45) is 1.78. The van der Waals surface area contributed by atoms with Crippen molar-refractivity contribution in [2.45, 2.75) is 20.4 Å². The van der Waals surface area contributed by atoms with Gasteiger partial charge in [-0.05, 0) is 37.6 Å². The van der Waals surface area contributed by atoms with Crippen LogP contribution in [0, 0.1) is 13.8 Å². The van der Waals surface area contributed by atoms with E-state index in [1.165, 1.54) is 0 Å². The second kappa shape index (κ2) is 5.25. The van der Waals surface area contributed by atoms with E-state index in [4.69, 9.17) is 0 Å². The van der Waals surface area contributed by atoms with Crippen molar-refractivity contribution in [3.63, 3.8) is 0 Å². The van der Waals surface area contributed by atoms with Gasteiger partial charge in [-0.15, -0.1) is 0 Å². The van der Waals surface area contributed by atoms with Crippen LogP contribution in [0.2, 0.25) is 0 Å². The molecule has 3 aromatic rings. The number of para-hydroxylation sites is 1. The van der Waals surface area contributed by atoms with Crippen LogP contribution in [0.25, 0.3) is 10.9 Å². The highest BCUT2D eigenvalue weighted by atomic mass is 15.0. The minimum Gasteiger partial charge on any atom is -0.364 e. The molecule has 0 unspecified atom stereocenters. The maximum Gasteiger partial charge on any atom is 0.129 e. The van der Waals surface area contributed by atoms with Gasteiger partial charge < -0.3 is 5.32 Å². The van der Waals surface area contributed by atoms with Crippen molar-refractivity contribution in [3.8, 4) is 0 Å². The highest BCUT2D eigenvalue weighted by Gasteiger charge is 2.03. The van der Waals surface area contributed by atoms with E-state index >= 15 is 0 Å². The van der Waals surface area contributed by atoms with Crippen LogP contribution in [0.5, 0.6) is 0 Å². The molecule has 2 aromatic heterocycles. The number of hydrogen-bond acceptors (Lipinski definition) is 4. The average Bonchev–Trinajstić information content (AvgIpc) is 2.45. The molecule has 0 atom stereocenters. The number of fused-ring (bicyclic) bond motifs is 1. The standard InChI is InChI=1S/C16H16N4/c1-11-9-13-5-3-4-6-15(13)20-16(11)18-10-14-7-8-17-12(2)19-14/h3-9H,10H2,1-2H3,(H,18,20). The van der Waals surface area contributed by atoms with Gasteiger partial charge in [0.25, 0.3) is 0 Å². The summed E-state index contributed by atoms with van der Waals surface area (Å²) in [6.45, 7) is 4.60. The zero-order valence-electron chi connectivity index (χ0n) is 11.6. The van der Waals surface area contributed by atoms with E-state index in [1.54, 1.807) is 6.20 Å². The molecular formula is C16H16N4. The highest BCUT2D eigenvalue weighted by Crippen LogP contribution is 2.19. The Morgan fingerprint density at radius 2 is 1.90 bits per heavy atom. The number of nitrogens with zero attached hydrogens (tertiary/aromatic N) is 3. The minimum absolute atomic E-state index is 0.648. The number of pyridine rings is 1. The van der Waals surface area contributed by atoms with Crippen LogP contribution in [0.15, 0.2) is 42.6 Å². The Balaban J connectivity index is 1.85. The molecule has 0 amide bonds. The van der Waals surface area contributed by atoms with Crippen molar-refractivity contribution in [1.29, 1.82) is 0 Å². The third kappa shape index (κ3) is 2.59. The average molecular weight is 264 g/mol. The van der Waals surface area contributed by atoms with Crippen molar-refractivity contribution in [2.75, 3.05) is 5.32 Å². The van der Waals surface area contributed by atoms with E-state index in [2.05, 4.69) is 39.3 Å². The summed E-state index contributed by atoms with van der Waals surface area (Å²) in [6, 6.07) is 12.2. The molecule has 0 aliphatic heterocycles. The van der Waals surface area contributed by atoms with Gasteiger partial charge in [0.15, 0.2) is 0 Å². The van der Waals surface area contributed by atoms with Crippen LogP contribution in [0.4, 0.5) is 5.82 Å². The third-order valence-corrected chi connectivity index (χ3v) is 3.19. The Kier molecular flexibility index (Phi) is 3.29. The first-order valence-electron chi connectivity index (χ1n) is 6.61. The fraction of sp³-hybridized carbons (Fsp3) is 0.188. The predicted octanol–water partition coefficient (Wildman–Crippen LogP) is 3.25. The molecule has 20 heavy (non-hydrogen) atoms. The van der Waals surface area contributed by atoms with Crippen LogP contribution >= 0.6 is 0 Å². The number of aromatic nitrogens is 3. The summed E-state index contributed by atoms with van der Waals surface area (Å²) in [4.78, 5) is 13.1. The van der Waals surface area contributed by atoms with Crippen molar-refractivity contribution >= 4 is 16.7 Å². The van der Waals surface area contributed by atoms with E-state index in [-0.39, 0.29) is 0 Å². The second-order valence-corrected chi connectivity index (χ2v) is 4.80. The van der Waals surface area contributed by atoms with Gasteiger partial charge in [-0.25, -0.2) is 15.0 Å². The number of hydrogen-bond donors (Lipinski definition) is 1. The van der Waals surface area contributed by atoms with Crippen molar-refractivity contribution in [2.24, 2.45) is 0 Å². The molecule has 100 valence electrons. The van der Waals surface area contributed by atoms with E-state index in [9.17, 15) is 0 Å². The molecule has 0 aliphatic carbocycles. The van der Waals surface area contributed by atoms with Gasteiger partial charge in [-0.2, -0.15) is 0 Å². The molecule has 0 aliphatic rings. The molecule has 0 radical (unpaired) electrons. The van der Waals surface area contributed by atoms with Gasteiger partial charge in [0, 0.05) is 11.6 Å². The normalized spacial score (nSPS) is 10.7. The topological polar surface area (TPSA) is 50.7 Å². The largest absolute Gasteiger partial charge is 0.364 e. The molecule has 0 saturated carbocycles. The molecule has 3 rings (SSSR count). The number of anilines is 1. The van der Waals surface area contributed by atoms with Crippen molar-refractivity contribution in [3.05, 3.63) is 59.7 Å². The first-order chi connectivity index (χ1) is 9.72. The summed E-state index contributed by atoms with van der Waals surface area (Å²) in [5.74, 6) is 1.69. The molecule has 0 spiro atoms. The zero-order chi connectivity index (χ0) is 13.9. The summed E-state index contributed by atoms with van der Waals surface area (Å²) in [5.41, 5.74) is 3.10. The second-order valence-electron chi connectivity index (χ2n) is 4.80. The molecular weight excluding hydrogens is 248 g/mol. The summed E-state index contributed by atoms with van der Waals surface area (Å²) in [5, 5.41) is 4.51. The van der Waals surface area contributed by atoms with Gasteiger partial charge in [0.1, 0.15) is 11.6 Å². The summed E-state index contributed by atoms with van der Waals surface area (Å²) < 4.78 is 0. The molecule has 1 N–H and O–H groups in total. The van der Waals surface area contributed by atoms with Gasteiger partial charge in [-0.1, -0.05) is 18.2 Å². The minimum atomic E-state index is 0.648. The van der Waals surface area contributed by atoms with Crippen molar-refractivity contribution < 1.29 is 0 Å². The Hall–Kier alpha value is -2.49. The lowest BCUT2D eigenvalue weighted by Gasteiger charge is -2.10. The van der Waals surface area contributed by atoms with Gasteiger partial charge in [-0.3, -0.25) is 0 Å². The fourth-order valence-corrected chi connectivity index (χ4v) is 2.18. The summed E-state index contributed by atoms with van der Waals surface area (Å²) >= 11 is 0. The predicted molar refractivity (Wildman–Crippen MR) is 80.6 cm³/mol. The van der Waals surface area contributed by atoms with E-state index in [1.807, 2.05) is 31.2 Å². The van der Waals surface area contributed by atoms with Crippen LogP contribution in [0.3, 0.4) is 0 Å². The number of aryl methyl sites for hydroxylation is 2. The number of nitrogens with one attached hydrogen (secondary N) is 1. The molecule has 1 aromatic carbocycles.